The fourth-order valence-electron chi connectivity index (χ4n) is 3.04. The summed E-state index contributed by atoms with van der Waals surface area (Å²) in [4.78, 5) is 8.20. The van der Waals surface area contributed by atoms with Gasteiger partial charge in [0.2, 0.25) is 5.89 Å². The van der Waals surface area contributed by atoms with Gasteiger partial charge in [-0.1, -0.05) is 6.07 Å². The predicted molar refractivity (Wildman–Crippen MR) is 85.5 cm³/mol. The van der Waals surface area contributed by atoms with E-state index in [-0.39, 0.29) is 0 Å². The monoisotopic (exact) mass is 314 g/mol. The third-order valence-corrected chi connectivity index (χ3v) is 4.96. The Bertz CT molecular complexity index is 704. The summed E-state index contributed by atoms with van der Waals surface area (Å²) in [7, 11) is 0. The average Bonchev–Trinajstić information content (AvgIpc) is 3.28. The van der Waals surface area contributed by atoms with Crippen molar-refractivity contribution in [3.63, 3.8) is 0 Å². The van der Waals surface area contributed by atoms with E-state index in [0.29, 0.717) is 6.04 Å². The van der Waals surface area contributed by atoms with Crippen LogP contribution in [0.3, 0.4) is 0 Å². The molecule has 4 rings (SSSR count). The van der Waals surface area contributed by atoms with Gasteiger partial charge in [-0.3, -0.25) is 9.58 Å². The first-order valence-electron chi connectivity index (χ1n) is 7.58. The molecule has 0 amide bonds. The standard InChI is InChI=1S/C16H18N4OS/c1-4-14(11-20-8-3-6-17-20)19(7-1)10-13-12-21-16(18-13)15-5-2-9-22-15/h2-3,5-6,8-9,12,14H,1,4,7,10-11H2/t14-/m1/s1. The average molecular weight is 314 g/mol. The van der Waals surface area contributed by atoms with E-state index >= 15 is 0 Å². The first kappa shape index (κ1) is 13.7. The second-order valence-corrected chi connectivity index (χ2v) is 6.56. The van der Waals surface area contributed by atoms with Crippen molar-refractivity contribution in [2.45, 2.75) is 32.0 Å². The summed E-state index contributed by atoms with van der Waals surface area (Å²) in [5, 5.41) is 6.36. The van der Waals surface area contributed by atoms with Gasteiger partial charge in [-0.15, -0.1) is 11.3 Å². The van der Waals surface area contributed by atoms with Gasteiger partial charge in [0.25, 0.3) is 0 Å². The maximum atomic E-state index is 5.62. The molecular formula is C16H18N4OS. The minimum Gasteiger partial charge on any atom is -0.444 e. The van der Waals surface area contributed by atoms with Crippen LogP contribution in [0.25, 0.3) is 10.8 Å². The molecule has 0 aromatic carbocycles. The summed E-state index contributed by atoms with van der Waals surface area (Å²) >= 11 is 1.65. The van der Waals surface area contributed by atoms with Crippen molar-refractivity contribution in [1.29, 1.82) is 0 Å². The van der Waals surface area contributed by atoms with E-state index in [0.717, 1.165) is 36.1 Å². The van der Waals surface area contributed by atoms with Crippen LogP contribution < -0.4 is 0 Å². The number of likely N-dealkylation sites (tertiary alicyclic amines) is 1. The van der Waals surface area contributed by atoms with Crippen LogP contribution in [-0.2, 0) is 13.1 Å². The van der Waals surface area contributed by atoms with Gasteiger partial charge in [0.15, 0.2) is 0 Å². The molecule has 0 radical (unpaired) electrons. The van der Waals surface area contributed by atoms with Crippen molar-refractivity contribution < 1.29 is 4.42 Å². The molecule has 114 valence electrons. The van der Waals surface area contributed by atoms with Crippen molar-refractivity contribution in [3.05, 3.63) is 47.9 Å². The quantitative estimate of drug-likeness (QED) is 0.725. The van der Waals surface area contributed by atoms with Crippen LogP contribution in [0.15, 0.2) is 46.7 Å². The minimum absolute atomic E-state index is 0.529. The summed E-state index contributed by atoms with van der Waals surface area (Å²) < 4.78 is 7.63. The van der Waals surface area contributed by atoms with Gasteiger partial charge in [0.05, 0.1) is 17.1 Å². The van der Waals surface area contributed by atoms with Crippen LogP contribution in [0.2, 0.25) is 0 Å². The van der Waals surface area contributed by atoms with E-state index in [2.05, 4.69) is 15.0 Å². The van der Waals surface area contributed by atoms with Gasteiger partial charge >= 0.3 is 0 Å². The fraction of sp³-hybridized carbons (Fsp3) is 0.375. The Labute approximate surface area is 133 Å². The highest BCUT2D eigenvalue weighted by Gasteiger charge is 2.26. The van der Waals surface area contributed by atoms with Gasteiger partial charge in [-0.25, -0.2) is 4.98 Å². The van der Waals surface area contributed by atoms with Crippen LogP contribution in [0.4, 0.5) is 0 Å². The van der Waals surface area contributed by atoms with E-state index in [1.807, 2.05) is 40.7 Å². The largest absolute Gasteiger partial charge is 0.444 e. The molecule has 0 aliphatic carbocycles. The molecule has 0 spiro atoms. The predicted octanol–water partition coefficient (Wildman–Crippen LogP) is 3.26. The smallest absolute Gasteiger partial charge is 0.236 e. The maximum absolute atomic E-state index is 5.62. The summed E-state index contributed by atoms with van der Waals surface area (Å²) in [5.74, 6) is 0.729. The molecule has 3 aromatic heterocycles. The SMILES string of the molecule is c1csc(-c2nc(CN3CCC[C@@H]3Cn3cccn3)co2)c1. The molecule has 1 aliphatic heterocycles. The van der Waals surface area contributed by atoms with Gasteiger partial charge in [-0.2, -0.15) is 5.10 Å². The third-order valence-electron chi connectivity index (χ3n) is 4.10. The lowest BCUT2D eigenvalue weighted by Gasteiger charge is -2.23. The van der Waals surface area contributed by atoms with E-state index in [9.17, 15) is 0 Å². The zero-order chi connectivity index (χ0) is 14.8. The highest BCUT2D eigenvalue weighted by atomic mass is 32.1. The number of hydrogen-bond donors (Lipinski definition) is 0. The van der Waals surface area contributed by atoms with Crippen LogP contribution in [0.5, 0.6) is 0 Å². The zero-order valence-corrected chi connectivity index (χ0v) is 13.1. The van der Waals surface area contributed by atoms with E-state index in [1.54, 1.807) is 17.6 Å². The molecule has 1 atom stereocenters. The molecule has 1 aliphatic rings. The number of thiophene rings is 1. The van der Waals surface area contributed by atoms with Crippen LogP contribution in [-0.4, -0.2) is 32.3 Å². The first-order valence-corrected chi connectivity index (χ1v) is 8.46. The third kappa shape index (κ3) is 2.84. The molecule has 0 saturated carbocycles. The Morgan fingerprint density at radius 3 is 3.18 bits per heavy atom. The van der Waals surface area contributed by atoms with Crippen molar-refractivity contribution in [2.24, 2.45) is 0 Å². The summed E-state index contributed by atoms with van der Waals surface area (Å²) in [5.41, 5.74) is 1.01. The van der Waals surface area contributed by atoms with Crippen molar-refractivity contribution in [1.82, 2.24) is 19.7 Å². The zero-order valence-electron chi connectivity index (χ0n) is 12.3. The molecule has 0 unspecified atom stereocenters. The normalized spacial score (nSPS) is 19.0. The van der Waals surface area contributed by atoms with Crippen molar-refractivity contribution in [2.75, 3.05) is 6.54 Å². The number of aromatic nitrogens is 3. The highest BCUT2D eigenvalue weighted by Crippen LogP contribution is 2.26. The topological polar surface area (TPSA) is 47.1 Å². The minimum atomic E-state index is 0.529. The molecule has 6 heteroatoms. The molecule has 0 bridgehead atoms. The van der Waals surface area contributed by atoms with Gasteiger partial charge in [-0.05, 0) is 36.9 Å². The molecule has 22 heavy (non-hydrogen) atoms. The lowest BCUT2D eigenvalue weighted by Crippen LogP contribution is -2.32. The highest BCUT2D eigenvalue weighted by molar-refractivity contribution is 7.13. The molecular weight excluding hydrogens is 296 g/mol. The lowest BCUT2D eigenvalue weighted by molar-refractivity contribution is 0.217. The van der Waals surface area contributed by atoms with E-state index in [4.69, 9.17) is 4.42 Å². The number of oxazole rings is 1. The Hall–Kier alpha value is -1.92. The molecule has 1 fully saturated rings. The Morgan fingerprint density at radius 2 is 2.36 bits per heavy atom. The second kappa shape index (κ2) is 6.06. The van der Waals surface area contributed by atoms with Gasteiger partial charge < -0.3 is 4.42 Å². The van der Waals surface area contributed by atoms with Crippen LogP contribution in [0.1, 0.15) is 18.5 Å². The number of nitrogens with zero attached hydrogens (tertiary/aromatic N) is 4. The Kier molecular flexibility index (Phi) is 3.78. The number of rotatable bonds is 5. The maximum Gasteiger partial charge on any atom is 0.236 e. The number of hydrogen-bond acceptors (Lipinski definition) is 5. The molecule has 1 saturated heterocycles. The van der Waals surface area contributed by atoms with Crippen LogP contribution in [0, 0.1) is 0 Å². The van der Waals surface area contributed by atoms with Crippen LogP contribution >= 0.6 is 11.3 Å². The van der Waals surface area contributed by atoms with E-state index in [1.165, 1.54) is 12.8 Å². The lowest BCUT2D eigenvalue weighted by atomic mass is 10.2. The molecule has 0 N–H and O–H groups in total. The Morgan fingerprint density at radius 1 is 1.36 bits per heavy atom. The molecule has 4 heterocycles. The van der Waals surface area contributed by atoms with E-state index < -0.39 is 0 Å². The summed E-state index contributed by atoms with van der Waals surface area (Å²) in [6.07, 6.45) is 8.11. The van der Waals surface area contributed by atoms with Gasteiger partial charge in [0, 0.05) is 25.0 Å². The molecule has 5 nitrogen and oxygen atoms in total. The van der Waals surface area contributed by atoms with Gasteiger partial charge in [0.1, 0.15) is 6.26 Å². The second-order valence-electron chi connectivity index (χ2n) is 5.62. The first-order chi connectivity index (χ1) is 10.9. The van der Waals surface area contributed by atoms with Crippen molar-refractivity contribution in [3.8, 4) is 10.8 Å². The molecule has 3 aromatic rings. The summed E-state index contributed by atoms with van der Waals surface area (Å²) in [6.45, 7) is 2.91. The summed E-state index contributed by atoms with van der Waals surface area (Å²) in [6, 6.07) is 6.56. The fourth-order valence-corrected chi connectivity index (χ4v) is 3.69. The Balaban J connectivity index is 1.44. The van der Waals surface area contributed by atoms with Crippen molar-refractivity contribution >= 4 is 11.3 Å².